The van der Waals surface area contributed by atoms with Gasteiger partial charge in [0.2, 0.25) is 5.91 Å². The Morgan fingerprint density at radius 2 is 1.71 bits per heavy atom. The summed E-state index contributed by atoms with van der Waals surface area (Å²) in [5.74, 6) is -0.465. The third-order valence-electron chi connectivity index (χ3n) is 8.36. The van der Waals surface area contributed by atoms with Crippen molar-refractivity contribution in [1.29, 1.82) is 0 Å². The predicted octanol–water partition coefficient (Wildman–Crippen LogP) is 5.45. The Hall–Kier alpha value is -5.28. The smallest absolute Gasteiger partial charge is 0.252 e. The maximum absolute atomic E-state index is 13.2. The molecule has 0 atom stereocenters. The Balaban J connectivity index is 1.37. The van der Waals surface area contributed by atoms with Crippen molar-refractivity contribution in [3.8, 4) is 22.4 Å². The fourth-order valence-electron chi connectivity index (χ4n) is 5.68. The van der Waals surface area contributed by atoms with Crippen LogP contribution in [0.5, 0.6) is 0 Å². The van der Waals surface area contributed by atoms with Gasteiger partial charge < -0.3 is 25.4 Å². The molecule has 1 aliphatic rings. The summed E-state index contributed by atoms with van der Waals surface area (Å²) in [5.41, 5.74) is 8.76. The number of carbonyl (C=O) groups is 2. The minimum atomic E-state index is -0.277. The van der Waals surface area contributed by atoms with Crippen molar-refractivity contribution in [3.63, 3.8) is 0 Å². The zero-order chi connectivity index (χ0) is 31.3. The van der Waals surface area contributed by atoms with Gasteiger partial charge in [0.1, 0.15) is 5.65 Å². The molecule has 2 amide bonds. The molecule has 1 aliphatic heterocycles. The second-order valence-electron chi connectivity index (χ2n) is 11.4. The van der Waals surface area contributed by atoms with Crippen LogP contribution in [-0.4, -0.2) is 71.4 Å². The number of rotatable bonds is 9. The highest BCUT2D eigenvalue weighted by Gasteiger charge is 2.20. The standard InChI is InChI=1S/C36H37N7O2/c1-4-32(44)40-31-22-27(6-5-24(31)2)33-30-21-28(36(45)38-16-13-25-11-14-37-15-12-25)23-39-35(30)41-34(33)26-7-9-29(10-8-26)43-19-17-42(3)18-20-43/h4-12,14-15,21-23H,1,13,16-20H2,2-3H3,(H,38,45)(H,39,41)(H,40,44). The number of aromatic amines is 1. The van der Waals surface area contributed by atoms with E-state index in [0.29, 0.717) is 29.9 Å². The van der Waals surface area contributed by atoms with Crippen molar-refractivity contribution in [2.45, 2.75) is 13.3 Å². The van der Waals surface area contributed by atoms with Gasteiger partial charge in [0.05, 0.1) is 11.3 Å². The number of likely N-dealkylation sites (N-methyl/N-ethyl adjacent to an activating group) is 1. The van der Waals surface area contributed by atoms with Gasteiger partial charge in [0.25, 0.3) is 5.91 Å². The summed E-state index contributed by atoms with van der Waals surface area (Å²) in [7, 11) is 2.16. The first-order valence-corrected chi connectivity index (χ1v) is 15.2. The Kier molecular flexibility index (Phi) is 8.70. The lowest BCUT2D eigenvalue weighted by atomic mass is 9.96. The molecule has 45 heavy (non-hydrogen) atoms. The number of carbonyl (C=O) groups excluding carboxylic acids is 2. The Morgan fingerprint density at radius 1 is 0.978 bits per heavy atom. The fourth-order valence-corrected chi connectivity index (χ4v) is 5.68. The highest BCUT2D eigenvalue weighted by atomic mass is 16.2. The van der Waals surface area contributed by atoms with E-state index in [4.69, 9.17) is 0 Å². The highest BCUT2D eigenvalue weighted by Crippen LogP contribution is 2.40. The zero-order valence-corrected chi connectivity index (χ0v) is 25.6. The van der Waals surface area contributed by atoms with Crippen LogP contribution in [0, 0.1) is 6.92 Å². The third-order valence-corrected chi connectivity index (χ3v) is 8.36. The van der Waals surface area contributed by atoms with Crippen LogP contribution in [0.25, 0.3) is 33.4 Å². The van der Waals surface area contributed by atoms with E-state index in [9.17, 15) is 9.59 Å². The predicted molar refractivity (Wildman–Crippen MR) is 181 cm³/mol. The molecule has 228 valence electrons. The number of nitrogens with zero attached hydrogens (tertiary/aromatic N) is 4. The number of hydrogen-bond donors (Lipinski definition) is 3. The lowest BCUT2D eigenvalue weighted by Crippen LogP contribution is -2.44. The van der Waals surface area contributed by atoms with Crippen molar-refractivity contribution >= 4 is 34.2 Å². The number of aryl methyl sites for hydroxylation is 1. The van der Waals surface area contributed by atoms with Crippen molar-refractivity contribution in [3.05, 3.63) is 109 Å². The van der Waals surface area contributed by atoms with Crippen LogP contribution in [0.4, 0.5) is 11.4 Å². The van der Waals surface area contributed by atoms with E-state index in [1.54, 1.807) is 18.6 Å². The summed E-state index contributed by atoms with van der Waals surface area (Å²) in [6.45, 7) is 10.1. The van der Waals surface area contributed by atoms with Gasteiger partial charge in [-0.05, 0) is 85.1 Å². The van der Waals surface area contributed by atoms with E-state index in [-0.39, 0.29) is 11.8 Å². The number of H-pyrrole nitrogens is 1. The highest BCUT2D eigenvalue weighted by molar-refractivity contribution is 6.07. The van der Waals surface area contributed by atoms with Crippen molar-refractivity contribution < 1.29 is 9.59 Å². The molecule has 1 fully saturated rings. The molecule has 0 radical (unpaired) electrons. The number of aromatic nitrogens is 3. The van der Waals surface area contributed by atoms with Crippen LogP contribution in [0.15, 0.2) is 91.9 Å². The van der Waals surface area contributed by atoms with Crippen molar-refractivity contribution in [1.82, 2.24) is 25.2 Å². The molecule has 3 N–H and O–H groups in total. The van der Waals surface area contributed by atoms with Gasteiger partial charge in [-0.3, -0.25) is 14.6 Å². The van der Waals surface area contributed by atoms with Gasteiger partial charge in [0, 0.05) is 73.6 Å². The van der Waals surface area contributed by atoms with Crippen LogP contribution in [-0.2, 0) is 11.2 Å². The number of benzene rings is 2. The molecule has 0 spiro atoms. The Bertz CT molecular complexity index is 1840. The van der Waals surface area contributed by atoms with Gasteiger partial charge in [-0.2, -0.15) is 0 Å². The number of pyridine rings is 2. The van der Waals surface area contributed by atoms with Gasteiger partial charge in [0.15, 0.2) is 0 Å². The number of amides is 2. The molecule has 6 rings (SSSR count). The molecule has 3 aromatic heterocycles. The normalized spacial score (nSPS) is 13.5. The average Bonchev–Trinajstić information content (AvgIpc) is 3.45. The largest absolute Gasteiger partial charge is 0.369 e. The topological polar surface area (TPSA) is 106 Å². The van der Waals surface area contributed by atoms with E-state index < -0.39 is 0 Å². The maximum Gasteiger partial charge on any atom is 0.252 e. The number of nitrogens with one attached hydrogen (secondary N) is 3. The molecule has 4 heterocycles. The second-order valence-corrected chi connectivity index (χ2v) is 11.4. The first kappa shape index (κ1) is 29.8. The summed E-state index contributed by atoms with van der Waals surface area (Å²) in [6.07, 6.45) is 7.07. The van der Waals surface area contributed by atoms with E-state index in [1.807, 2.05) is 43.3 Å². The van der Waals surface area contributed by atoms with Crippen molar-refractivity contribution in [2.24, 2.45) is 0 Å². The van der Waals surface area contributed by atoms with Crippen LogP contribution < -0.4 is 15.5 Å². The molecule has 1 saturated heterocycles. The number of piperazine rings is 1. The number of fused-ring (bicyclic) bond motifs is 1. The maximum atomic E-state index is 13.2. The van der Waals surface area contributed by atoms with E-state index >= 15 is 0 Å². The minimum absolute atomic E-state index is 0.188. The monoisotopic (exact) mass is 599 g/mol. The van der Waals surface area contributed by atoms with Gasteiger partial charge >= 0.3 is 0 Å². The number of hydrogen-bond acceptors (Lipinski definition) is 6. The molecule has 2 aromatic carbocycles. The molecular weight excluding hydrogens is 562 g/mol. The molecule has 9 nitrogen and oxygen atoms in total. The van der Waals surface area contributed by atoms with Crippen molar-refractivity contribution in [2.75, 3.05) is 50.0 Å². The lowest BCUT2D eigenvalue weighted by molar-refractivity contribution is -0.111. The molecular formula is C36H37N7O2. The first-order valence-electron chi connectivity index (χ1n) is 15.2. The molecule has 0 aliphatic carbocycles. The molecule has 9 heteroatoms. The fraction of sp³-hybridized carbons (Fsp3) is 0.222. The number of anilines is 2. The average molecular weight is 600 g/mol. The van der Waals surface area contributed by atoms with Gasteiger partial charge in [-0.1, -0.05) is 30.8 Å². The molecule has 5 aromatic rings. The zero-order valence-electron chi connectivity index (χ0n) is 25.6. The van der Waals surface area contributed by atoms with E-state index in [2.05, 4.69) is 73.3 Å². The summed E-state index contributed by atoms with van der Waals surface area (Å²) in [5, 5.41) is 6.76. The van der Waals surface area contributed by atoms with Crippen LogP contribution in [0.1, 0.15) is 21.5 Å². The minimum Gasteiger partial charge on any atom is -0.369 e. The quantitative estimate of drug-likeness (QED) is 0.195. The first-order chi connectivity index (χ1) is 21.9. The Morgan fingerprint density at radius 3 is 2.44 bits per heavy atom. The third kappa shape index (κ3) is 6.63. The van der Waals surface area contributed by atoms with E-state index in [0.717, 1.165) is 65.1 Å². The van der Waals surface area contributed by atoms with Crippen LogP contribution in [0.3, 0.4) is 0 Å². The summed E-state index contributed by atoms with van der Waals surface area (Å²) >= 11 is 0. The van der Waals surface area contributed by atoms with Gasteiger partial charge in [-0.15, -0.1) is 0 Å². The van der Waals surface area contributed by atoms with E-state index in [1.165, 1.54) is 11.8 Å². The second kappa shape index (κ2) is 13.2. The Labute approximate surface area is 263 Å². The summed E-state index contributed by atoms with van der Waals surface area (Å²) in [6, 6.07) is 20.3. The molecule has 0 bridgehead atoms. The van der Waals surface area contributed by atoms with Gasteiger partial charge in [-0.25, -0.2) is 4.98 Å². The molecule has 0 saturated carbocycles. The lowest BCUT2D eigenvalue weighted by Gasteiger charge is -2.34. The molecule has 0 unspecified atom stereocenters. The van der Waals surface area contributed by atoms with Crippen LogP contribution >= 0.6 is 0 Å². The summed E-state index contributed by atoms with van der Waals surface area (Å²) in [4.78, 5) is 42.4. The van der Waals surface area contributed by atoms with Crippen LogP contribution in [0.2, 0.25) is 0 Å². The SMILES string of the molecule is C=CC(=O)Nc1cc(-c2c(-c3ccc(N4CCN(C)CC4)cc3)[nH]c3ncc(C(=O)NCCc4ccncc4)cc23)ccc1C. The summed E-state index contributed by atoms with van der Waals surface area (Å²) < 4.78 is 0.